The highest BCUT2D eigenvalue weighted by Gasteiger charge is 2.30. The van der Waals surface area contributed by atoms with Gasteiger partial charge >= 0.3 is 0 Å². The predicted octanol–water partition coefficient (Wildman–Crippen LogP) is 2.18. The smallest absolute Gasteiger partial charge is 0.239 e. The molecule has 3 atom stereocenters. The molecule has 16 heavy (non-hydrogen) atoms. The SMILES string of the molecule is CCC(C)C1CCCCN1C(=O)[C@@H](C)N.Cl. The minimum Gasteiger partial charge on any atom is -0.338 e. The maximum Gasteiger partial charge on any atom is 0.239 e. The number of carbonyl (C=O) groups excluding carboxylic acids is 1. The van der Waals surface area contributed by atoms with Gasteiger partial charge in [0.1, 0.15) is 0 Å². The summed E-state index contributed by atoms with van der Waals surface area (Å²) in [6.07, 6.45) is 4.66. The van der Waals surface area contributed by atoms with E-state index in [9.17, 15) is 4.79 Å². The first-order valence-corrected chi connectivity index (χ1v) is 6.14. The highest BCUT2D eigenvalue weighted by molar-refractivity contribution is 5.85. The van der Waals surface area contributed by atoms with E-state index in [0.717, 1.165) is 25.8 Å². The second-order valence-corrected chi connectivity index (χ2v) is 4.77. The van der Waals surface area contributed by atoms with Crippen molar-refractivity contribution in [1.29, 1.82) is 0 Å². The third-order valence-corrected chi connectivity index (χ3v) is 3.52. The van der Waals surface area contributed by atoms with Crippen molar-refractivity contribution in [3.05, 3.63) is 0 Å². The quantitative estimate of drug-likeness (QED) is 0.832. The Hall–Kier alpha value is -0.280. The van der Waals surface area contributed by atoms with Crippen LogP contribution in [0.5, 0.6) is 0 Å². The largest absolute Gasteiger partial charge is 0.338 e. The molecule has 1 rings (SSSR count). The second-order valence-electron chi connectivity index (χ2n) is 4.77. The van der Waals surface area contributed by atoms with Crippen molar-refractivity contribution >= 4 is 18.3 Å². The Bertz CT molecular complexity index is 221. The average Bonchev–Trinajstić information content (AvgIpc) is 2.27. The first kappa shape index (κ1) is 15.7. The number of nitrogens with zero attached hydrogens (tertiary/aromatic N) is 1. The van der Waals surface area contributed by atoms with Gasteiger partial charge in [0.2, 0.25) is 5.91 Å². The van der Waals surface area contributed by atoms with Crippen LogP contribution in [-0.2, 0) is 4.79 Å². The molecule has 0 saturated carbocycles. The van der Waals surface area contributed by atoms with Crippen LogP contribution < -0.4 is 5.73 Å². The van der Waals surface area contributed by atoms with Crippen molar-refractivity contribution < 1.29 is 4.79 Å². The number of rotatable bonds is 3. The third-order valence-electron chi connectivity index (χ3n) is 3.52. The highest BCUT2D eigenvalue weighted by Crippen LogP contribution is 2.25. The van der Waals surface area contributed by atoms with Gasteiger partial charge in [-0.3, -0.25) is 4.79 Å². The summed E-state index contributed by atoms with van der Waals surface area (Å²) in [7, 11) is 0. The van der Waals surface area contributed by atoms with Crippen LogP contribution >= 0.6 is 12.4 Å². The molecule has 0 spiro atoms. The molecule has 1 heterocycles. The lowest BCUT2D eigenvalue weighted by Gasteiger charge is -2.40. The number of hydrogen-bond acceptors (Lipinski definition) is 2. The van der Waals surface area contributed by atoms with E-state index >= 15 is 0 Å². The molecule has 0 aromatic carbocycles. The fraction of sp³-hybridized carbons (Fsp3) is 0.917. The molecule has 1 amide bonds. The first-order valence-electron chi connectivity index (χ1n) is 6.14. The van der Waals surface area contributed by atoms with Gasteiger partial charge in [-0.2, -0.15) is 0 Å². The molecule has 0 bridgehead atoms. The van der Waals surface area contributed by atoms with Crippen LogP contribution in [0, 0.1) is 5.92 Å². The Balaban J connectivity index is 0.00000225. The van der Waals surface area contributed by atoms with Crippen molar-refractivity contribution in [3.8, 4) is 0 Å². The second kappa shape index (κ2) is 7.13. The Morgan fingerprint density at radius 3 is 2.56 bits per heavy atom. The lowest BCUT2D eigenvalue weighted by molar-refractivity contribution is -0.137. The van der Waals surface area contributed by atoms with Crippen LogP contribution in [0.2, 0.25) is 0 Å². The monoisotopic (exact) mass is 248 g/mol. The zero-order chi connectivity index (χ0) is 11.4. The summed E-state index contributed by atoms with van der Waals surface area (Å²) < 4.78 is 0. The summed E-state index contributed by atoms with van der Waals surface area (Å²) in [5.41, 5.74) is 5.68. The lowest BCUT2D eigenvalue weighted by Crippen LogP contribution is -2.51. The van der Waals surface area contributed by atoms with Crippen molar-refractivity contribution in [2.24, 2.45) is 11.7 Å². The maximum absolute atomic E-state index is 11.9. The number of likely N-dealkylation sites (tertiary alicyclic amines) is 1. The summed E-state index contributed by atoms with van der Waals surface area (Å²) in [4.78, 5) is 13.9. The molecule has 2 N–H and O–H groups in total. The zero-order valence-electron chi connectivity index (χ0n) is 10.6. The van der Waals surface area contributed by atoms with Gasteiger partial charge < -0.3 is 10.6 Å². The van der Waals surface area contributed by atoms with E-state index in [1.807, 2.05) is 4.90 Å². The van der Waals surface area contributed by atoms with Crippen molar-refractivity contribution in [2.45, 2.75) is 58.5 Å². The summed E-state index contributed by atoms with van der Waals surface area (Å²) in [5, 5.41) is 0. The number of carbonyl (C=O) groups is 1. The van der Waals surface area contributed by atoms with E-state index in [1.54, 1.807) is 6.92 Å². The summed E-state index contributed by atoms with van der Waals surface area (Å²) in [5.74, 6) is 0.716. The molecule has 0 aromatic heterocycles. The maximum atomic E-state index is 11.9. The molecular weight excluding hydrogens is 224 g/mol. The average molecular weight is 249 g/mol. The van der Waals surface area contributed by atoms with Gasteiger partial charge in [0.15, 0.2) is 0 Å². The number of hydrogen-bond donors (Lipinski definition) is 1. The van der Waals surface area contributed by atoms with Crippen LogP contribution in [-0.4, -0.2) is 29.4 Å². The molecule has 1 aliphatic heterocycles. The van der Waals surface area contributed by atoms with E-state index in [0.29, 0.717) is 12.0 Å². The third kappa shape index (κ3) is 3.63. The van der Waals surface area contributed by atoms with Crippen LogP contribution in [0.15, 0.2) is 0 Å². The molecule has 1 saturated heterocycles. The molecule has 1 fully saturated rings. The summed E-state index contributed by atoms with van der Waals surface area (Å²) >= 11 is 0. The van der Waals surface area contributed by atoms with Crippen molar-refractivity contribution in [1.82, 2.24) is 4.90 Å². The molecule has 3 nitrogen and oxygen atoms in total. The van der Waals surface area contributed by atoms with Crippen LogP contribution in [0.1, 0.15) is 46.5 Å². The van der Waals surface area contributed by atoms with E-state index < -0.39 is 0 Å². The van der Waals surface area contributed by atoms with E-state index in [4.69, 9.17) is 5.73 Å². The van der Waals surface area contributed by atoms with E-state index in [2.05, 4.69) is 13.8 Å². The molecule has 0 aliphatic carbocycles. The fourth-order valence-corrected chi connectivity index (χ4v) is 2.36. The van der Waals surface area contributed by atoms with Crippen LogP contribution in [0.25, 0.3) is 0 Å². The Morgan fingerprint density at radius 2 is 2.06 bits per heavy atom. The van der Waals surface area contributed by atoms with Crippen LogP contribution in [0.3, 0.4) is 0 Å². The highest BCUT2D eigenvalue weighted by atomic mass is 35.5. The standard InChI is InChI=1S/C12H24N2O.ClH/c1-4-9(2)11-7-5-6-8-14(11)12(15)10(3)13;/h9-11H,4-8,13H2,1-3H3;1H/t9?,10-,11?;/m1./s1. The molecule has 0 aromatic rings. The van der Waals surface area contributed by atoms with Crippen molar-refractivity contribution in [3.63, 3.8) is 0 Å². The molecular formula is C12H25ClN2O. The van der Waals surface area contributed by atoms with E-state index in [-0.39, 0.29) is 24.4 Å². The lowest BCUT2D eigenvalue weighted by atomic mass is 9.89. The van der Waals surface area contributed by atoms with Gasteiger partial charge in [-0.05, 0) is 32.1 Å². The topological polar surface area (TPSA) is 46.3 Å². The Kier molecular flexibility index (Phi) is 7.00. The van der Waals surface area contributed by atoms with Gasteiger partial charge in [-0.25, -0.2) is 0 Å². The number of amides is 1. The minimum atomic E-state index is -0.352. The van der Waals surface area contributed by atoms with Gasteiger partial charge in [-0.15, -0.1) is 12.4 Å². The van der Waals surface area contributed by atoms with E-state index in [1.165, 1.54) is 6.42 Å². The van der Waals surface area contributed by atoms with Gasteiger partial charge in [0.05, 0.1) is 6.04 Å². The summed E-state index contributed by atoms with van der Waals surface area (Å²) in [6.45, 7) is 7.10. The van der Waals surface area contributed by atoms with Crippen molar-refractivity contribution in [2.75, 3.05) is 6.54 Å². The molecule has 0 radical (unpaired) electrons. The molecule has 96 valence electrons. The Labute approximate surface area is 105 Å². The normalized spacial score (nSPS) is 24.5. The number of halogens is 1. The minimum absolute atomic E-state index is 0. The predicted molar refractivity (Wildman–Crippen MR) is 69.7 cm³/mol. The molecule has 4 heteroatoms. The fourth-order valence-electron chi connectivity index (χ4n) is 2.36. The molecule has 1 aliphatic rings. The summed E-state index contributed by atoms with van der Waals surface area (Å²) in [6, 6.07) is 0.0666. The number of piperidine rings is 1. The van der Waals surface area contributed by atoms with Gasteiger partial charge in [0.25, 0.3) is 0 Å². The van der Waals surface area contributed by atoms with Gasteiger partial charge in [0, 0.05) is 12.6 Å². The zero-order valence-corrected chi connectivity index (χ0v) is 11.4. The number of nitrogens with two attached hydrogens (primary N) is 1. The first-order chi connectivity index (χ1) is 7.07. The van der Waals surface area contributed by atoms with Gasteiger partial charge in [-0.1, -0.05) is 20.3 Å². The Morgan fingerprint density at radius 1 is 1.44 bits per heavy atom. The molecule has 2 unspecified atom stereocenters. The van der Waals surface area contributed by atoms with Crippen LogP contribution in [0.4, 0.5) is 0 Å².